The SMILES string of the molecule is CC(CNC(=O)C1(O)CCCC1)CN1CCOCC1. The molecule has 110 valence electrons. The van der Waals surface area contributed by atoms with Crippen LogP contribution in [0.1, 0.15) is 32.6 Å². The van der Waals surface area contributed by atoms with Crippen molar-refractivity contribution in [1.82, 2.24) is 10.2 Å². The zero-order valence-corrected chi connectivity index (χ0v) is 11.9. The average molecular weight is 270 g/mol. The standard InChI is InChI=1S/C14H26N2O3/c1-12(11-16-6-8-19-9-7-16)10-15-13(17)14(18)4-2-3-5-14/h12,18H,2-11H2,1H3,(H,15,17). The van der Waals surface area contributed by atoms with Crippen LogP contribution in [0.3, 0.4) is 0 Å². The first kappa shape index (κ1) is 14.8. The minimum absolute atomic E-state index is 0.182. The monoisotopic (exact) mass is 270 g/mol. The number of amides is 1. The summed E-state index contributed by atoms with van der Waals surface area (Å²) in [4.78, 5) is 14.3. The lowest BCUT2D eigenvalue weighted by Crippen LogP contribution is -2.47. The topological polar surface area (TPSA) is 61.8 Å². The van der Waals surface area contributed by atoms with E-state index < -0.39 is 5.60 Å². The fraction of sp³-hybridized carbons (Fsp3) is 0.929. The molecule has 0 spiro atoms. The van der Waals surface area contributed by atoms with Crippen molar-refractivity contribution in [3.05, 3.63) is 0 Å². The van der Waals surface area contributed by atoms with Crippen LogP contribution < -0.4 is 5.32 Å². The maximum absolute atomic E-state index is 12.0. The van der Waals surface area contributed by atoms with Gasteiger partial charge in [-0.05, 0) is 31.6 Å². The van der Waals surface area contributed by atoms with E-state index in [0.29, 0.717) is 25.3 Å². The number of hydrogen-bond acceptors (Lipinski definition) is 4. The predicted molar refractivity (Wildman–Crippen MR) is 72.9 cm³/mol. The quantitative estimate of drug-likeness (QED) is 0.758. The Morgan fingerprint density at radius 2 is 2.00 bits per heavy atom. The molecule has 2 N–H and O–H groups in total. The third-order valence-electron chi connectivity index (χ3n) is 4.14. The van der Waals surface area contributed by atoms with Gasteiger partial charge in [0.25, 0.3) is 5.91 Å². The molecule has 1 amide bonds. The summed E-state index contributed by atoms with van der Waals surface area (Å²) in [7, 11) is 0. The van der Waals surface area contributed by atoms with Gasteiger partial charge in [-0.2, -0.15) is 0 Å². The minimum atomic E-state index is -1.10. The number of morpholine rings is 1. The summed E-state index contributed by atoms with van der Waals surface area (Å²) in [6.45, 7) is 7.30. The van der Waals surface area contributed by atoms with Crippen molar-refractivity contribution < 1.29 is 14.6 Å². The molecule has 19 heavy (non-hydrogen) atoms. The Hall–Kier alpha value is -0.650. The van der Waals surface area contributed by atoms with Crippen molar-refractivity contribution in [2.45, 2.75) is 38.2 Å². The fourth-order valence-electron chi connectivity index (χ4n) is 2.91. The molecule has 1 atom stereocenters. The molecule has 2 fully saturated rings. The molecule has 1 aliphatic heterocycles. The van der Waals surface area contributed by atoms with E-state index in [0.717, 1.165) is 45.7 Å². The molecule has 1 saturated carbocycles. The van der Waals surface area contributed by atoms with Gasteiger partial charge in [-0.25, -0.2) is 0 Å². The van der Waals surface area contributed by atoms with Gasteiger partial charge in [-0.3, -0.25) is 9.69 Å². The molecule has 1 saturated heterocycles. The summed E-state index contributed by atoms with van der Waals surface area (Å²) in [6, 6.07) is 0. The van der Waals surface area contributed by atoms with Crippen LogP contribution in [0.15, 0.2) is 0 Å². The summed E-state index contributed by atoms with van der Waals surface area (Å²) >= 11 is 0. The lowest BCUT2D eigenvalue weighted by molar-refractivity contribution is -0.139. The van der Waals surface area contributed by atoms with E-state index in [4.69, 9.17) is 4.74 Å². The van der Waals surface area contributed by atoms with Gasteiger partial charge < -0.3 is 15.2 Å². The first-order valence-corrected chi connectivity index (χ1v) is 7.41. The summed E-state index contributed by atoms with van der Waals surface area (Å²) in [5, 5.41) is 13.1. The van der Waals surface area contributed by atoms with Crippen molar-refractivity contribution in [1.29, 1.82) is 0 Å². The molecule has 5 nitrogen and oxygen atoms in total. The second-order valence-corrected chi connectivity index (χ2v) is 5.97. The second kappa shape index (κ2) is 6.68. The van der Waals surface area contributed by atoms with Crippen LogP contribution in [0.5, 0.6) is 0 Å². The highest BCUT2D eigenvalue weighted by atomic mass is 16.5. The maximum atomic E-state index is 12.0. The van der Waals surface area contributed by atoms with Crippen molar-refractivity contribution in [2.75, 3.05) is 39.4 Å². The molecule has 2 aliphatic rings. The summed E-state index contributed by atoms with van der Waals surface area (Å²) in [5.41, 5.74) is -1.10. The first-order chi connectivity index (χ1) is 9.10. The van der Waals surface area contributed by atoms with Gasteiger partial charge in [0, 0.05) is 26.2 Å². The number of nitrogens with zero attached hydrogens (tertiary/aromatic N) is 1. The first-order valence-electron chi connectivity index (χ1n) is 7.41. The van der Waals surface area contributed by atoms with E-state index in [9.17, 15) is 9.90 Å². The Morgan fingerprint density at radius 3 is 2.63 bits per heavy atom. The molecule has 1 heterocycles. The minimum Gasteiger partial charge on any atom is -0.380 e. The van der Waals surface area contributed by atoms with Crippen molar-refractivity contribution in [3.8, 4) is 0 Å². The lowest BCUT2D eigenvalue weighted by atomic mass is 10.0. The average Bonchev–Trinajstić information content (AvgIpc) is 2.85. The molecular weight excluding hydrogens is 244 g/mol. The zero-order valence-electron chi connectivity index (χ0n) is 11.9. The number of hydrogen-bond donors (Lipinski definition) is 2. The molecule has 0 bridgehead atoms. The molecule has 5 heteroatoms. The normalized spacial score (nSPS) is 25.2. The van der Waals surface area contributed by atoms with Crippen molar-refractivity contribution in [2.24, 2.45) is 5.92 Å². The Morgan fingerprint density at radius 1 is 1.37 bits per heavy atom. The predicted octanol–water partition coefficient (Wildman–Crippen LogP) is 0.376. The van der Waals surface area contributed by atoms with E-state index in [2.05, 4.69) is 17.1 Å². The zero-order chi connectivity index (χ0) is 13.7. The van der Waals surface area contributed by atoms with Crippen LogP contribution in [0.4, 0.5) is 0 Å². The maximum Gasteiger partial charge on any atom is 0.251 e. The van der Waals surface area contributed by atoms with Crippen LogP contribution in [0.25, 0.3) is 0 Å². The van der Waals surface area contributed by atoms with Crippen molar-refractivity contribution >= 4 is 5.91 Å². The van der Waals surface area contributed by atoms with Crippen LogP contribution in [0, 0.1) is 5.92 Å². The van der Waals surface area contributed by atoms with Crippen molar-refractivity contribution in [3.63, 3.8) is 0 Å². The number of rotatable bonds is 5. The molecule has 2 rings (SSSR count). The van der Waals surface area contributed by atoms with Gasteiger partial charge in [-0.1, -0.05) is 6.92 Å². The van der Waals surface area contributed by atoms with E-state index in [1.165, 1.54) is 0 Å². The number of carbonyl (C=O) groups excluding carboxylic acids is 1. The third-order valence-corrected chi connectivity index (χ3v) is 4.14. The Labute approximate surface area is 115 Å². The molecular formula is C14H26N2O3. The number of aliphatic hydroxyl groups is 1. The Bertz CT molecular complexity index is 297. The third kappa shape index (κ3) is 4.16. The van der Waals surface area contributed by atoms with Crippen LogP contribution in [-0.4, -0.2) is 60.9 Å². The molecule has 0 aromatic rings. The van der Waals surface area contributed by atoms with Crippen LogP contribution >= 0.6 is 0 Å². The van der Waals surface area contributed by atoms with Crippen LogP contribution in [-0.2, 0) is 9.53 Å². The van der Waals surface area contributed by atoms with Gasteiger partial charge >= 0.3 is 0 Å². The fourth-order valence-corrected chi connectivity index (χ4v) is 2.91. The van der Waals surface area contributed by atoms with E-state index >= 15 is 0 Å². The summed E-state index contributed by atoms with van der Waals surface area (Å²) < 4.78 is 5.32. The molecule has 0 aromatic heterocycles. The van der Waals surface area contributed by atoms with E-state index in [1.807, 2.05) is 0 Å². The highest BCUT2D eigenvalue weighted by Crippen LogP contribution is 2.29. The smallest absolute Gasteiger partial charge is 0.251 e. The van der Waals surface area contributed by atoms with Gasteiger partial charge in [0.1, 0.15) is 5.60 Å². The number of carbonyl (C=O) groups is 1. The summed E-state index contributed by atoms with van der Waals surface area (Å²) in [5.74, 6) is 0.214. The van der Waals surface area contributed by atoms with Gasteiger partial charge in [0.15, 0.2) is 0 Å². The molecule has 1 aliphatic carbocycles. The largest absolute Gasteiger partial charge is 0.380 e. The molecule has 1 unspecified atom stereocenters. The molecule has 0 aromatic carbocycles. The molecule has 0 radical (unpaired) electrons. The van der Waals surface area contributed by atoms with E-state index in [1.54, 1.807) is 0 Å². The summed E-state index contributed by atoms with van der Waals surface area (Å²) in [6.07, 6.45) is 3.12. The Kier molecular flexibility index (Phi) is 5.19. The van der Waals surface area contributed by atoms with Gasteiger partial charge in [0.2, 0.25) is 0 Å². The second-order valence-electron chi connectivity index (χ2n) is 5.97. The number of ether oxygens (including phenoxy) is 1. The van der Waals surface area contributed by atoms with E-state index in [-0.39, 0.29) is 5.91 Å². The number of nitrogens with one attached hydrogen (secondary N) is 1. The van der Waals surface area contributed by atoms with Gasteiger partial charge in [0.05, 0.1) is 13.2 Å². The lowest BCUT2D eigenvalue weighted by Gasteiger charge is -2.29. The highest BCUT2D eigenvalue weighted by Gasteiger charge is 2.38. The van der Waals surface area contributed by atoms with Gasteiger partial charge in [-0.15, -0.1) is 0 Å². The Balaban J connectivity index is 1.67. The van der Waals surface area contributed by atoms with Crippen LogP contribution in [0.2, 0.25) is 0 Å². The highest BCUT2D eigenvalue weighted by molar-refractivity contribution is 5.85.